The molecular formula is C21H26N4O3. The van der Waals surface area contributed by atoms with Crippen LogP contribution in [0.1, 0.15) is 60.0 Å². The van der Waals surface area contributed by atoms with Crippen molar-refractivity contribution in [2.75, 3.05) is 6.54 Å². The largest absolute Gasteiger partial charge is 0.324 e. The molecule has 1 aliphatic carbocycles. The summed E-state index contributed by atoms with van der Waals surface area (Å²) in [6.07, 6.45) is 5.20. The molecule has 0 radical (unpaired) electrons. The van der Waals surface area contributed by atoms with Gasteiger partial charge in [-0.15, -0.1) is 0 Å². The van der Waals surface area contributed by atoms with Gasteiger partial charge in [-0.2, -0.15) is 0 Å². The normalized spacial score (nSPS) is 32.6. The Morgan fingerprint density at radius 2 is 1.93 bits per heavy atom. The minimum absolute atomic E-state index is 0.0517. The van der Waals surface area contributed by atoms with E-state index in [2.05, 4.69) is 16.3 Å². The van der Waals surface area contributed by atoms with Crippen molar-refractivity contribution in [3.63, 3.8) is 0 Å². The van der Waals surface area contributed by atoms with Gasteiger partial charge in [0.25, 0.3) is 5.91 Å². The van der Waals surface area contributed by atoms with Crippen molar-refractivity contribution in [2.45, 2.75) is 69.2 Å². The average Bonchev–Trinajstić information content (AvgIpc) is 2.98. The molecule has 1 atom stereocenters. The number of nitrogens with one attached hydrogen (secondary N) is 1. The maximum Gasteiger partial charge on any atom is 0.255 e. The van der Waals surface area contributed by atoms with Gasteiger partial charge in [0.05, 0.1) is 0 Å². The fourth-order valence-electron chi connectivity index (χ4n) is 5.35. The Bertz CT molecular complexity index is 859. The number of benzene rings is 1. The second kappa shape index (κ2) is 6.39. The van der Waals surface area contributed by atoms with Crippen LogP contribution in [0.15, 0.2) is 18.2 Å². The molecule has 5 aliphatic rings. The van der Waals surface area contributed by atoms with Crippen LogP contribution in [0.2, 0.25) is 0 Å². The fraction of sp³-hybridized carbons (Fsp3) is 0.571. The Hall–Kier alpha value is -2.25. The Labute approximate surface area is 164 Å². The highest BCUT2D eigenvalue weighted by Crippen LogP contribution is 2.37. The van der Waals surface area contributed by atoms with Gasteiger partial charge >= 0.3 is 0 Å². The number of piperidine rings is 3. The van der Waals surface area contributed by atoms with Crippen molar-refractivity contribution in [1.82, 2.24) is 15.1 Å². The molecule has 3 amide bonds. The second-order valence-corrected chi connectivity index (χ2v) is 8.89. The summed E-state index contributed by atoms with van der Waals surface area (Å²) in [5.41, 5.74) is 9.22. The molecule has 4 aliphatic heterocycles. The summed E-state index contributed by atoms with van der Waals surface area (Å²) in [6, 6.07) is 6.11. The van der Waals surface area contributed by atoms with Gasteiger partial charge in [-0.05, 0) is 49.3 Å². The van der Waals surface area contributed by atoms with E-state index in [0.29, 0.717) is 24.6 Å². The number of fused-ring (bicyclic) bond motifs is 4. The number of nitrogens with two attached hydrogens (primary N) is 1. The quantitative estimate of drug-likeness (QED) is 0.758. The number of hydrogen-bond acceptors (Lipinski definition) is 5. The van der Waals surface area contributed by atoms with Crippen molar-refractivity contribution in [3.05, 3.63) is 34.9 Å². The lowest BCUT2D eigenvalue weighted by Gasteiger charge is -2.51. The lowest BCUT2D eigenvalue weighted by Crippen LogP contribution is -2.61. The summed E-state index contributed by atoms with van der Waals surface area (Å²) < 4.78 is 0. The van der Waals surface area contributed by atoms with Crippen LogP contribution in [0.3, 0.4) is 0 Å². The Kier molecular flexibility index (Phi) is 4.07. The number of amides is 3. The Balaban J connectivity index is 1.32. The van der Waals surface area contributed by atoms with Gasteiger partial charge in [0.2, 0.25) is 11.8 Å². The third-order valence-corrected chi connectivity index (χ3v) is 6.96. The zero-order valence-electron chi connectivity index (χ0n) is 15.9. The maximum absolute atomic E-state index is 13.0. The highest BCUT2D eigenvalue weighted by atomic mass is 16.2. The number of carbonyl (C=O) groups excluding carboxylic acids is 3. The van der Waals surface area contributed by atoms with Gasteiger partial charge in [-0.1, -0.05) is 12.1 Å². The molecule has 3 saturated heterocycles. The first-order valence-corrected chi connectivity index (χ1v) is 10.2. The van der Waals surface area contributed by atoms with Crippen LogP contribution >= 0.6 is 0 Å². The first-order chi connectivity index (χ1) is 13.4. The number of rotatable bonds is 3. The molecule has 1 unspecified atom stereocenters. The molecule has 4 fully saturated rings. The Morgan fingerprint density at radius 3 is 2.64 bits per heavy atom. The van der Waals surface area contributed by atoms with E-state index in [1.165, 1.54) is 0 Å². The number of hydrogen-bond donors (Lipinski definition) is 2. The fourth-order valence-corrected chi connectivity index (χ4v) is 5.35. The molecule has 7 nitrogen and oxygen atoms in total. The highest BCUT2D eigenvalue weighted by Gasteiger charge is 2.42. The SMILES string of the molecule is NC12CCC(CC1)N(Cc1ccc3c(c1)C(=O)N(C1CCC(=O)NC1=O)C3)C2. The third-order valence-electron chi connectivity index (χ3n) is 6.96. The third kappa shape index (κ3) is 2.93. The van der Waals surface area contributed by atoms with Crippen LogP contribution in [0.25, 0.3) is 0 Å². The first-order valence-electron chi connectivity index (χ1n) is 10.2. The number of nitrogens with zero attached hydrogens (tertiary/aromatic N) is 2. The van der Waals surface area contributed by atoms with E-state index in [0.717, 1.165) is 49.9 Å². The lowest BCUT2D eigenvalue weighted by molar-refractivity contribution is -0.136. The minimum Gasteiger partial charge on any atom is -0.324 e. The molecular weight excluding hydrogens is 356 g/mol. The van der Waals surface area contributed by atoms with Gasteiger partial charge < -0.3 is 10.6 Å². The number of imide groups is 1. The van der Waals surface area contributed by atoms with Gasteiger partial charge in [-0.25, -0.2) is 0 Å². The summed E-state index contributed by atoms with van der Waals surface area (Å²) in [4.78, 5) is 40.6. The van der Waals surface area contributed by atoms with E-state index < -0.39 is 6.04 Å². The van der Waals surface area contributed by atoms with Gasteiger partial charge in [0.1, 0.15) is 6.04 Å². The molecule has 1 aromatic rings. The number of carbonyl (C=O) groups is 3. The molecule has 28 heavy (non-hydrogen) atoms. The molecule has 1 aromatic carbocycles. The van der Waals surface area contributed by atoms with Gasteiger partial charge in [0, 0.05) is 43.2 Å². The van der Waals surface area contributed by atoms with Gasteiger partial charge in [-0.3, -0.25) is 24.6 Å². The van der Waals surface area contributed by atoms with Crippen molar-refractivity contribution in [2.24, 2.45) is 5.73 Å². The van der Waals surface area contributed by atoms with E-state index >= 15 is 0 Å². The van der Waals surface area contributed by atoms with Crippen molar-refractivity contribution in [3.8, 4) is 0 Å². The monoisotopic (exact) mass is 382 g/mol. The van der Waals surface area contributed by atoms with E-state index in [-0.39, 0.29) is 29.7 Å². The molecule has 148 valence electrons. The minimum atomic E-state index is -0.559. The molecule has 1 saturated carbocycles. The van der Waals surface area contributed by atoms with Crippen LogP contribution in [0.5, 0.6) is 0 Å². The van der Waals surface area contributed by atoms with Crippen molar-refractivity contribution < 1.29 is 14.4 Å². The summed E-state index contributed by atoms with van der Waals surface area (Å²) in [5, 5.41) is 2.35. The molecule has 3 N–H and O–H groups in total. The van der Waals surface area contributed by atoms with Crippen LogP contribution in [0, 0.1) is 0 Å². The van der Waals surface area contributed by atoms with Crippen LogP contribution in [-0.2, 0) is 22.7 Å². The maximum atomic E-state index is 13.0. The zero-order valence-corrected chi connectivity index (χ0v) is 15.9. The zero-order chi connectivity index (χ0) is 19.5. The molecule has 6 rings (SSSR count). The first kappa shape index (κ1) is 17.8. The molecule has 7 heteroatoms. The topological polar surface area (TPSA) is 95.7 Å². The van der Waals surface area contributed by atoms with E-state index in [1.54, 1.807) is 4.90 Å². The van der Waals surface area contributed by atoms with E-state index in [1.807, 2.05) is 12.1 Å². The van der Waals surface area contributed by atoms with E-state index in [4.69, 9.17) is 5.73 Å². The van der Waals surface area contributed by atoms with E-state index in [9.17, 15) is 14.4 Å². The molecule has 0 spiro atoms. The predicted octanol–water partition coefficient (Wildman–Crippen LogP) is 0.903. The Morgan fingerprint density at radius 1 is 1.14 bits per heavy atom. The molecule has 2 bridgehead atoms. The summed E-state index contributed by atoms with van der Waals surface area (Å²) in [5.74, 6) is -0.738. The lowest BCUT2D eigenvalue weighted by atomic mass is 9.74. The van der Waals surface area contributed by atoms with Crippen LogP contribution in [-0.4, -0.2) is 51.7 Å². The van der Waals surface area contributed by atoms with Crippen LogP contribution in [0.4, 0.5) is 0 Å². The smallest absolute Gasteiger partial charge is 0.255 e. The average molecular weight is 382 g/mol. The summed E-state index contributed by atoms with van der Waals surface area (Å²) in [7, 11) is 0. The molecule has 4 heterocycles. The predicted molar refractivity (Wildman–Crippen MR) is 102 cm³/mol. The van der Waals surface area contributed by atoms with Crippen LogP contribution < -0.4 is 11.1 Å². The van der Waals surface area contributed by atoms with Crippen molar-refractivity contribution in [1.29, 1.82) is 0 Å². The van der Waals surface area contributed by atoms with Gasteiger partial charge in [0.15, 0.2) is 0 Å². The van der Waals surface area contributed by atoms with Crippen molar-refractivity contribution >= 4 is 17.7 Å². The standard InChI is InChI=1S/C21H26N4O3/c22-21-7-5-15(6-8-21)24(12-21)10-13-1-2-14-11-25(20(28)16(14)9-13)17-3-4-18(26)23-19(17)27/h1-2,9,15,17H,3-8,10-12,22H2,(H,23,26,27). The second-order valence-electron chi connectivity index (χ2n) is 8.89. The summed E-state index contributed by atoms with van der Waals surface area (Å²) in [6.45, 7) is 2.16. The molecule has 0 aromatic heterocycles. The summed E-state index contributed by atoms with van der Waals surface area (Å²) >= 11 is 0. The highest BCUT2D eigenvalue weighted by molar-refractivity contribution is 6.05.